The zero-order chi connectivity index (χ0) is 4.28. The molecule has 4 heteroatoms. The van der Waals surface area contributed by atoms with Gasteiger partial charge in [-0.2, -0.15) is 4.60 Å². The van der Waals surface area contributed by atoms with E-state index in [1.54, 1.807) is 7.11 Å². The lowest BCUT2D eigenvalue weighted by molar-refractivity contribution is 0.0489. The highest BCUT2D eigenvalue weighted by Crippen LogP contribution is 2.02. The molecule has 2 atom stereocenters. The third-order valence-corrected chi connectivity index (χ3v) is 0.632. The number of rotatable bonds is 1. The fraction of sp³-hybridized carbons (Fsp3) is 1.00. The molecular weight excluding hydrogens is 104 g/mol. The van der Waals surface area contributed by atoms with Crippen molar-refractivity contribution in [1.29, 1.82) is 0 Å². The largest absolute Gasteiger partial charge is 0.296 e. The molecule has 5 heavy (non-hydrogen) atoms. The maximum atomic E-state index is 4.51. The molecule has 0 aliphatic rings. The van der Waals surface area contributed by atoms with Gasteiger partial charge in [0.05, 0.1) is 7.11 Å². The summed E-state index contributed by atoms with van der Waals surface area (Å²) in [6.07, 6.45) is 0. The van der Waals surface area contributed by atoms with E-state index < -0.39 is 0 Å². The zero-order valence-corrected chi connectivity index (χ0v) is 5.32. The van der Waals surface area contributed by atoms with Crippen LogP contribution in [-0.2, 0) is 4.84 Å². The lowest BCUT2D eigenvalue weighted by atomic mass is 11.7. The Balaban J connectivity index is 2.54. The van der Waals surface area contributed by atoms with Crippen LogP contribution in [0.4, 0.5) is 0 Å². The monoisotopic (exact) mass is 111 g/mol. The molecule has 0 saturated carbocycles. The standard InChI is InChI=1S/CH7NOP2/c1-3-2(4)5/h4-5H2,1H3. The molecule has 0 spiro atoms. The van der Waals surface area contributed by atoms with Crippen LogP contribution in [0, 0.1) is 0 Å². The van der Waals surface area contributed by atoms with E-state index in [1.807, 2.05) is 0 Å². The first-order valence-corrected chi connectivity index (χ1v) is 2.14. The van der Waals surface area contributed by atoms with Crippen LogP contribution in [0.25, 0.3) is 0 Å². The highest BCUT2D eigenvalue weighted by molar-refractivity contribution is 7.30. The zero-order valence-electron chi connectivity index (χ0n) is 3.01. The summed E-state index contributed by atoms with van der Waals surface area (Å²) in [4.78, 5) is 4.51. The van der Waals surface area contributed by atoms with Crippen LogP contribution in [0.2, 0.25) is 0 Å². The van der Waals surface area contributed by atoms with Crippen LogP contribution < -0.4 is 0 Å². The lowest BCUT2D eigenvalue weighted by Gasteiger charge is -2.00. The van der Waals surface area contributed by atoms with Crippen molar-refractivity contribution in [2.45, 2.75) is 0 Å². The summed E-state index contributed by atoms with van der Waals surface area (Å²) < 4.78 is 1.46. The second-order valence-corrected chi connectivity index (χ2v) is 2.16. The third-order valence-electron chi connectivity index (χ3n) is 0.211. The molecule has 0 aliphatic carbocycles. The normalized spacial score (nSPS) is 9.60. The van der Waals surface area contributed by atoms with E-state index in [1.165, 1.54) is 4.60 Å². The van der Waals surface area contributed by atoms with Gasteiger partial charge in [-0.1, -0.05) is 0 Å². The molecule has 2 nitrogen and oxygen atoms in total. The Morgan fingerprint density at radius 3 is 1.80 bits per heavy atom. The van der Waals surface area contributed by atoms with E-state index in [0.717, 1.165) is 0 Å². The molecule has 0 N–H and O–H groups in total. The van der Waals surface area contributed by atoms with E-state index >= 15 is 0 Å². The Morgan fingerprint density at radius 2 is 1.80 bits per heavy atom. The SMILES string of the molecule is CON(P)P. The smallest absolute Gasteiger partial charge is 0.0582 e. The molecular formula is CH7NOP2. The predicted octanol–water partition coefficient (Wildman–Crippen LogP) is 0.430. The second kappa shape index (κ2) is 2.99. The molecule has 0 radical (unpaired) electrons. The van der Waals surface area contributed by atoms with Crippen molar-refractivity contribution in [3.63, 3.8) is 0 Å². The first-order chi connectivity index (χ1) is 2.27. The minimum Gasteiger partial charge on any atom is -0.296 e. The number of hydrogen-bond acceptors (Lipinski definition) is 2. The molecule has 0 aromatic carbocycles. The van der Waals surface area contributed by atoms with Crippen molar-refractivity contribution in [1.82, 2.24) is 4.60 Å². The van der Waals surface area contributed by atoms with Crippen molar-refractivity contribution in [2.24, 2.45) is 0 Å². The highest BCUT2D eigenvalue weighted by atomic mass is 31.1. The summed E-state index contributed by atoms with van der Waals surface area (Å²) >= 11 is 0. The predicted molar refractivity (Wildman–Crippen MR) is 28.3 cm³/mol. The summed E-state index contributed by atoms with van der Waals surface area (Å²) in [6, 6.07) is 0. The van der Waals surface area contributed by atoms with Gasteiger partial charge in [0.15, 0.2) is 0 Å². The van der Waals surface area contributed by atoms with Crippen molar-refractivity contribution in [2.75, 3.05) is 7.11 Å². The van der Waals surface area contributed by atoms with E-state index in [-0.39, 0.29) is 0 Å². The second-order valence-electron chi connectivity index (χ2n) is 0.542. The molecule has 0 aromatic rings. The lowest BCUT2D eigenvalue weighted by Crippen LogP contribution is -1.88. The van der Waals surface area contributed by atoms with Crippen LogP contribution >= 0.6 is 18.8 Å². The first kappa shape index (κ1) is 5.78. The minimum absolute atomic E-state index is 1.46. The molecule has 0 fully saturated rings. The van der Waals surface area contributed by atoms with Gasteiger partial charge >= 0.3 is 0 Å². The molecule has 0 bridgehead atoms. The van der Waals surface area contributed by atoms with Gasteiger partial charge in [0, 0.05) is 0 Å². The van der Waals surface area contributed by atoms with E-state index in [2.05, 4.69) is 23.6 Å². The number of hydrogen-bond donors (Lipinski definition) is 0. The van der Waals surface area contributed by atoms with Crippen molar-refractivity contribution >= 4 is 18.8 Å². The summed E-state index contributed by atoms with van der Waals surface area (Å²) in [5.74, 6) is 0. The average molecular weight is 111 g/mol. The molecule has 0 aliphatic heterocycles. The van der Waals surface area contributed by atoms with Gasteiger partial charge in [0.1, 0.15) is 0 Å². The molecule has 32 valence electrons. The summed E-state index contributed by atoms with van der Waals surface area (Å²) in [5.41, 5.74) is 0. The Bertz CT molecular complexity index is 23.6. The fourth-order valence-corrected chi connectivity index (χ4v) is 0. The minimum atomic E-state index is 1.46. The van der Waals surface area contributed by atoms with Gasteiger partial charge in [0.25, 0.3) is 0 Å². The van der Waals surface area contributed by atoms with Crippen molar-refractivity contribution in [3.05, 3.63) is 0 Å². The van der Waals surface area contributed by atoms with Gasteiger partial charge < -0.3 is 0 Å². The van der Waals surface area contributed by atoms with Gasteiger partial charge in [-0.15, -0.1) is 0 Å². The quantitative estimate of drug-likeness (QED) is 0.359. The van der Waals surface area contributed by atoms with Crippen molar-refractivity contribution < 1.29 is 4.84 Å². The first-order valence-electron chi connectivity index (χ1n) is 1.11. The van der Waals surface area contributed by atoms with Crippen LogP contribution in [0.3, 0.4) is 0 Å². The molecule has 2 unspecified atom stereocenters. The van der Waals surface area contributed by atoms with Gasteiger partial charge in [-0.05, 0) is 18.8 Å². The van der Waals surface area contributed by atoms with Gasteiger partial charge in [-0.25, -0.2) is 0 Å². The Morgan fingerprint density at radius 1 is 1.60 bits per heavy atom. The molecule has 0 heterocycles. The van der Waals surface area contributed by atoms with Crippen LogP contribution in [0.15, 0.2) is 0 Å². The molecule has 0 aromatic heterocycles. The maximum absolute atomic E-state index is 4.51. The highest BCUT2D eigenvalue weighted by Gasteiger charge is 1.71. The van der Waals surface area contributed by atoms with Crippen LogP contribution in [0.1, 0.15) is 0 Å². The van der Waals surface area contributed by atoms with Crippen LogP contribution in [0.5, 0.6) is 0 Å². The maximum Gasteiger partial charge on any atom is 0.0582 e. The van der Waals surface area contributed by atoms with E-state index in [0.29, 0.717) is 0 Å². The van der Waals surface area contributed by atoms with Crippen LogP contribution in [-0.4, -0.2) is 11.7 Å². The topological polar surface area (TPSA) is 12.5 Å². The molecule has 0 amide bonds. The summed E-state index contributed by atoms with van der Waals surface area (Å²) in [7, 11) is 6.20. The van der Waals surface area contributed by atoms with E-state index in [9.17, 15) is 0 Å². The Kier molecular flexibility index (Phi) is 3.46. The average Bonchev–Trinajstić information content (AvgIpc) is 1.38. The van der Waals surface area contributed by atoms with Gasteiger partial charge in [0.2, 0.25) is 0 Å². The van der Waals surface area contributed by atoms with Crippen molar-refractivity contribution in [3.8, 4) is 0 Å². The number of nitrogens with zero attached hydrogens (tertiary/aromatic N) is 1. The molecule has 0 saturated heterocycles. The third kappa shape index (κ3) is 4.78. The Hall–Kier alpha value is 0.780. The van der Waals surface area contributed by atoms with Gasteiger partial charge in [-0.3, -0.25) is 4.84 Å². The molecule has 0 rings (SSSR count). The summed E-state index contributed by atoms with van der Waals surface area (Å²) in [5, 5.41) is 0. The van der Waals surface area contributed by atoms with E-state index in [4.69, 9.17) is 0 Å². The fourth-order valence-electron chi connectivity index (χ4n) is 0. The Labute approximate surface area is 36.3 Å². The summed E-state index contributed by atoms with van der Waals surface area (Å²) in [6.45, 7) is 0.